The Labute approximate surface area is 127 Å². The zero-order chi connectivity index (χ0) is 15.7. The van der Waals surface area contributed by atoms with Crippen LogP contribution in [0, 0.1) is 6.92 Å². The Morgan fingerprint density at radius 1 is 1.55 bits per heavy atom. The van der Waals surface area contributed by atoms with Gasteiger partial charge in [0.15, 0.2) is 0 Å². The highest BCUT2D eigenvalue weighted by Crippen LogP contribution is 2.24. The third-order valence-corrected chi connectivity index (χ3v) is 3.72. The molecule has 0 bridgehead atoms. The van der Waals surface area contributed by atoms with E-state index in [4.69, 9.17) is 4.42 Å². The fourth-order valence-corrected chi connectivity index (χ4v) is 2.61. The van der Waals surface area contributed by atoms with Crippen molar-refractivity contribution >= 4 is 17.6 Å². The molecular formula is C15H18N4O3. The van der Waals surface area contributed by atoms with E-state index in [-0.39, 0.29) is 11.8 Å². The lowest BCUT2D eigenvalue weighted by Crippen LogP contribution is -2.50. The van der Waals surface area contributed by atoms with Crippen LogP contribution in [0.3, 0.4) is 0 Å². The third-order valence-electron chi connectivity index (χ3n) is 3.72. The van der Waals surface area contributed by atoms with Crippen LogP contribution < -0.4 is 10.2 Å². The zero-order valence-electron chi connectivity index (χ0n) is 12.6. The Kier molecular flexibility index (Phi) is 3.70. The van der Waals surface area contributed by atoms with Gasteiger partial charge < -0.3 is 9.73 Å². The molecule has 0 radical (unpaired) electrons. The first kappa shape index (κ1) is 14.4. The van der Waals surface area contributed by atoms with Crippen LogP contribution in [0.5, 0.6) is 0 Å². The number of amides is 2. The molecule has 0 aliphatic carbocycles. The number of fused-ring (bicyclic) bond motifs is 1. The molecule has 0 unspecified atom stereocenters. The van der Waals surface area contributed by atoms with Crippen molar-refractivity contribution < 1.29 is 14.0 Å². The number of hydrogen-bond acceptors (Lipinski definition) is 4. The van der Waals surface area contributed by atoms with E-state index in [9.17, 15) is 9.59 Å². The zero-order valence-corrected chi connectivity index (χ0v) is 12.6. The molecule has 7 nitrogen and oxygen atoms in total. The van der Waals surface area contributed by atoms with Crippen LogP contribution in [0.25, 0.3) is 0 Å². The van der Waals surface area contributed by atoms with E-state index in [1.54, 1.807) is 30.0 Å². The number of nitrogens with zero attached hydrogens (tertiary/aromatic N) is 3. The first-order chi connectivity index (χ1) is 10.6. The second kappa shape index (κ2) is 5.67. The number of furan rings is 1. The minimum atomic E-state index is -0.599. The van der Waals surface area contributed by atoms with E-state index in [0.29, 0.717) is 31.1 Å². The van der Waals surface area contributed by atoms with Gasteiger partial charge in [-0.3, -0.25) is 14.5 Å². The van der Waals surface area contributed by atoms with E-state index in [1.807, 2.05) is 13.0 Å². The van der Waals surface area contributed by atoms with Gasteiger partial charge in [-0.25, -0.2) is 4.68 Å². The van der Waals surface area contributed by atoms with Gasteiger partial charge >= 0.3 is 0 Å². The Morgan fingerprint density at radius 2 is 2.36 bits per heavy atom. The van der Waals surface area contributed by atoms with Gasteiger partial charge in [0.05, 0.1) is 25.0 Å². The van der Waals surface area contributed by atoms with Crippen LogP contribution >= 0.6 is 0 Å². The van der Waals surface area contributed by atoms with Gasteiger partial charge in [0, 0.05) is 12.5 Å². The van der Waals surface area contributed by atoms with Crippen LogP contribution in [0.1, 0.15) is 24.8 Å². The summed E-state index contributed by atoms with van der Waals surface area (Å²) in [5.41, 5.74) is 0.831. The van der Waals surface area contributed by atoms with Gasteiger partial charge in [-0.05, 0) is 26.0 Å². The summed E-state index contributed by atoms with van der Waals surface area (Å²) >= 11 is 0. The number of aromatic nitrogens is 2. The molecule has 22 heavy (non-hydrogen) atoms. The number of carbonyl (C=O) groups is 2. The summed E-state index contributed by atoms with van der Waals surface area (Å²) in [4.78, 5) is 26.1. The molecule has 0 saturated carbocycles. The summed E-state index contributed by atoms with van der Waals surface area (Å²) in [7, 11) is 0. The van der Waals surface area contributed by atoms with Gasteiger partial charge in [0.25, 0.3) is 0 Å². The summed E-state index contributed by atoms with van der Waals surface area (Å²) in [6, 6.07) is 4.78. The molecule has 7 heteroatoms. The highest BCUT2D eigenvalue weighted by molar-refractivity contribution is 6.00. The van der Waals surface area contributed by atoms with E-state index < -0.39 is 6.04 Å². The lowest BCUT2D eigenvalue weighted by atomic mass is 10.2. The van der Waals surface area contributed by atoms with Crippen LogP contribution in [0.2, 0.25) is 0 Å². The van der Waals surface area contributed by atoms with Gasteiger partial charge in [-0.1, -0.05) is 0 Å². The molecular weight excluding hydrogens is 284 g/mol. The molecule has 0 fully saturated rings. The van der Waals surface area contributed by atoms with Crippen LogP contribution in [-0.4, -0.2) is 27.6 Å². The average molecular weight is 302 g/mol. The highest BCUT2D eigenvalue weighted by atomic mass is 16.3. The number of anilines is 1. The summed E-state index contributed by atoms with van der Waals surface area (Å²) in [6.07, 6.45) is 1.91. The molecule has 1 aliphatic heterocycles. The molecule has 0 saturated heterocycles. The van der Waals surface area contributed by atoms with Crippen molar-refractivity contribution in [1.82, 2.24) is 15.1 Å². The average Bonchev–Trinajstić information content (AvgIpc) is 3.12. The summed E-state index contributed by atoms with van der Waals surface area (Å²) < 4.78 is 6.95. The molecule has 3 heterocycles. The van der Waals surface area contributed by atoms with Crippen molar-refractivity contribution in [2.24, 2.45) is 0 Å². The first-order valence-corrected chi connectivity index (χ1v) is 7.23. The van der Waals surface area contributed by atoms with Gasteiger partial charge in [0.2, 0.25) is 11.8 Å². The van der Waals surface area contributed by atoms with E-state index in [0.717, 1.165) is 5.69 Å². The minimum Gasteiger partial charge on any atom is -0.467 e. The standard InChI is InChI=1S/C15H18N4O3/c1-10-8-13-18(17-10)6-5-14(20)19(13)11(2)15(21)16-9-12-4-3-7-22-12/h3-4,7-8,11H,5-6,9H2,1-2H3,(H,16,21)/t11-/m1/s1. The molecule has 116 valence electrons. The van der Waals surface area contributed by atoms with Crippen molar-refractivity contribution in [2.75, 3.05) is 4.90 Å². The number of carbonyl (C=O) groups excluding carboxylic acids is 2. The van der Waals surface area contributed by atoms with Crippen molar-refractivity contribution in [3.8, 4) is 0 Å². The number of aryl methyl sites for hydroxylation is 2. The van der Waals surface area contributed by atoms with E-state index in [2.05, 4.69) is 10.4 Å². The van der Waals surface area contributed by atoms with Crippen molar-refractivity contribution in [3.05, 3.63) is 35.9 Å². The maximum atomic E-state index is 12.3. The molecule has 1 aliphatic rings. The second-order valence-electron chi connectivity index (χ2n) is 5.35. The van der Waals surface area contributed by atoms with Gasteiger partial charge in [-0.2, -0.15) is 5.10 Å². The fourth-order valence-electron chi connectivity index (χ4n) is 2.61. The maximum Gasteiger partial charge on any atom is 0.243 e. The van der Waals surface area contributed by atoms with Crippen LogP contribution in [0.15, 0.2) is 28.9 Å². The molecule has 2 amide bonds. The van der Waals surface area contributed by atoms with E-state index >= 15 is 0 Å². The van der Waals surface area contributed by atoms with Gasteiger partial charge in [-0.15, -0.1) is 0 Å². The Morgan fingerprint density at radius 3 is 3.09 bits per heavy atom. The maximum absolute atomic E-state index is 12.3. The van der Waals surface area contributed by atoms with Crippen molar-refractivity contribution in [3.63, 3.8) is 0 Å². The largest absolute Gasteiger partial charge is 0.467 e. The molecule has 0 aromatic carbocycles. The Balaban J connectivity index is 1.74. The minimum absolute atomic E-state index is 0.0620. The smallest absolute Gasteiger partial charge is 0.243 e. The molecule has 2 aromatic rings. The molecule has 0 spiro atoms. The fraction of sp³-hybridized carbons (Fsp3) is 0.400. The van der Waals surface area contributed by atoms with Gasteiger partial charge in [0.1, 0.15) is 17.6 Å². The second-order valence-corrected chi connectivity index (χ2v) is 5.35. The lowest BCUT2D eigenvalue weighted by molar-refractivity contribution is -0.126. The van der Waals surface area contributed by atoms with Crippen LogP contribution in [0.4, 0.5) is 5.82 Å². The topological polar surface area (TPSA) is 80.4 Å². The number of nitrogens with one attached hydrogen (secondary N) is 1. The summed E-state index contributed by atoms with van der Waals surface area (Å²) in [6.45, 7) is 4.44. The van der Waals surface area contributed by atoms with Crippen molar-refractivity contribution in [2.45, 2.75) is 39.4 Å². The van der Waals surface area contributed by atoms with Crippen LogP contribution in [-0.2, 0) is 22.7 Å². The molecule has 1 atom stereocenters. The summed E-state index contributed by atoms with van der Waals surface area (Å²) in [5.74, 6) is 1.06. The predicted octanol–water partition coefficient (Wildman–Crippen LogP) is 1.23. The normalized spacial score (nSPS) is 15.5. The number of hydrogen-bond donors (Lipinski definition) is 1. The lowest BCUT2D eigenvalue weighted by Gasteiger charge is -2.31. The molecule has 1 N–H and O–H groups in total. The Hall–Kier alpha value is -2.57. The molecule has 2 aromatic heterocycles. The van der Waals surface area contributed by atoms with E-state index in [1.165, 1.54) is 4.90 Å². The number of rotatable bonds is 4. The predicted molar refractivity (Wildman–Crippen MR) is 79.1 cm³/mol. The van der Waals surface area contributed by atoms with Crippen molar-refractivity contribution in [1.29, 1.82) is 0 Å². The molecule has 3 rings (SSSR count). The Bertz CT molecular complexity index is 690. The monoisotopic (exact) mass is 302 g/mol. The highest BCUT2D eigenvalue weighted by Gasteiger charge is 2.32. The SMILES string of the molecule is Cc1cc2n(n1)CCC(=O)N2[C@H](C)C(=O)NCc1ccco1. The summed E-state index contributed by atoms with van der Waals surface area (Å²) in [5, 5.41) is 7.12. The first-order valence-electron chi connectivity index (χ1n) is 7.23. The quantitative estimate of drug-likeness (QED) is 0.921. The third kappa shape index (κ3) is 2.61.